The maximum atomic E-state index is 5.73. The number of ether oxygens (including phenoxy) is 1. The molecule has 5 nitrogen and oxygen atoms in total. The molecule has 2 aromatic rings. The topological polar surface area (TPSA) is 73.1 Å². The smallest absolute Gasteiger partial charge is 0.134 e. The molecule has 0 fully saturated rings. The maximum Gasteiger partial charge on any atom is 0.134 e. The fraction of sp³-hybridized carbons (Fsp3) is 0.231. The first-order chi connectivity index (χ1) is 8.72. The largest absolute Gasteiger partial charge is 0.496 e. The molecule has 1 aromatic carbocycles. The Morgan fingerprint density at radius 3 is 2.83 bits per heavy atom. The van der Waals surface area contributed by atoms with Gasteiger partial charge in [0.1, 0.15) is 23.7 Å². The van der Waals surface area contributed by atoms with Crippen molar-refractivity contribution in [1.29, 1.82) is 0 Å². The number of nitrogens with zero attached hydrogens (tertiary/aromatic N) is 2. The van der Waals surface area contributed by atoms with E-state index in [1.165, 1.54) is 6.33 Å². The number of anilines is 2. The van der Waals surface area contributed by atoms with E-state index in [1.807, 2.05) is 31.2 Å². The third-order valence-corrected chi connectivity index (χ3v) is 2.76. The van der Waals surface area contributed by atoms with E-state index in [0.717, 1.165) is 22.7 Å². The van der Waals surface area contributed by atoms with Gasteiger partial charge in [0.15, 0.2) is 0 Å². The fourth-order valence-electron chi connectivity index (χ4n) is 1.67. The first kappa shape index (κ1) is 12.2. The highest BCUT2D eigenvalue weighted by molar-refractivity contribution is 5.54. The van der Waals surface area contributed by atoms with Crippen LogP contribution in [-0.4, -0.2) is 17.1 Å². The number of hydrogen-bond donors (Lipinski definition) is 2. The maximum absolute atomic E-state index is 5.73. The van der Waals surface area contributed by atoms with Gasteiger partial charge in [-0.05, 0) is 13.0 Å². The molecule has 18 heavy (non-hydrogen) atoms. The number of hydrogen-bond acceptors (Lipinski definition) is 5. The van der Waals surface area contributed by atoms with Crippen molar-refractivity contribution in [3.8, 4) is 5.75 Å². The van der Waals surface area contributed by atoms with E-state index in [1.54, 1.807) is 7.11 Å². The molecule has 1 heterocycles. The zero-order chi connectivity index (χ0) is 13.0. The third-order valence-electron chi connectivity index (χ3n) is 2.76. The van der Waals surface area contributed by atoms with Crippen molar-refractivity contribution in [2.45, 2.75) is 13.5 Å². The summed E-state index contributed by atoms with van der Waals surface area (Å²) in [6, 6.07) is 7.85. The highest BCUT2D eigenvalue weighted by Crippen LogP contribution is 2.20. The van der Waals surface area contributed by atoms with Gasteiger partial charge in [0.05, 0.1) is 7.11 Å². The molecule has 94 valence electrons. The van der Waals surface area contributed by atoms with Gasteiger partial charge in [0.25, 0.3) is 0 Å². The Morgan fingerprint density at radius 2 is 2.06 bits per heavy atom. The minimum absolute atomic E-state index is 0.493. The molecule has 0 spiro atoms. The van der Waals surface area contributed by atoms with E-state index < -0.39 is 0 Å². The molecule has 0 aliphatic heterocycles. The van der Waals surface area contributed by atoms with Crippen LogP contribution in [-0.2, 0) is 6.54 Å². The van der Waals surface area contributed by atoms with Crippen LogP contribution in [0.3, 0.4) is 0 Å². The summed E-state index contributed by atoms with van der Waals surface area (Å²) in [5.41, 5.74) is 7.65. The second-order valence-corrected chi connectivity index (χ2v) is 3.90. The van der Waals surface area contributed by atoms with Crippen LogP contribution in [0.1, 0.15) is 11.1 Å². The van der Waals surface area contributed by atoms with Crippen molar-refractivity contribution in [3.05, 3.63) is 41.7 Å². The van der Waals surface area contributed by atoms with Crippen molar-refractivity contribution < 1.29 is 4.74 Å². The van der Waals surface area contributed by atoms with E-state index >= 15 is 0 Å². The lowest BCUT2D eigenvalue weighted by atomic mass is 10.2. The quantitative estimate of drug-likeness (QED) is 0.860. The van der Waals surface area contributed by atoms with Crippen LogP contribution >= 0.6 is 0 Å². The van der Waals surface area contributed by atoms with Crippen LogP contribution < -0.4 is 15.8 Å². The van der Waals surface area contributed by atoms with Gasteiger partial charge >= 0.3 is 0 Å². The summed E-state index contributed by atoms with van der Waals surface area (Å²) in [5, 5.41) is 3.23. The van der Waals surface area contributed by atoms with Gasteiger partial charge in [-0.25, -0.2) is 9.97 Å². The van der Waals surface area contributed by atoms with Crippen molar-refractivity contribution in [1.82, 2.24) is 9.97 Å². The van der Waals surface area contributed by atoms with Gasteiger partial charge in [-0.3, -0.25) is 0 Å². The summed E-state index contributed by atoms with van der Waals surface area (Å²) < 4.78 is 5.29. The SMILES string of the molecule is COc1ccccc1CNc1ncnc(N)c1C. The lowest BCUT2D eigenvalue weighted by Gasteiger charge is -2.11. The number of methoxy groups -OCH3 is 1. The van der Waals surface area contributed by atoms with Crippen molar-refractivity contribution in [2.24, 2.45) is 0 Å². The van der Waals surface area contributed by atoms with E-state index in [4.69, 9.17) is 10.5 Å². The van der Waals surface area contributed by atoms with Crippen LogP contribution in [0, 0.1) is 6.92 Å². The molecular weight excluding hydrogens is 228 g/mol. The second kappa shape index (κ2) is 5.35. The van der Waals surface area contributed by atoms with Crippen LogP contribution in [0.4, 0.5) is 11.6 Å². The average molecular weight is 244 g/mol. The Labute approximate surface area is 106 Å². The molecule has 0 aliphatic rings. The Morgan fingerprint density at radius 1 is 1.28 bits per heavy atom. The molecular formula is C13H16N4O. The van der Waals surface area contributed by atoms with Crippen LogP contribution in [0.5, 0.6) is 5.75 Å². The zero-order valence-electron chi connectivity index (χ0n) is 10.5. The molecule has 0 unspecified atom stereocenters. The van der Waals surface area contributed by atoms with Gasteiger partial charge in [0, 0.05) is 17.7 Å². The zero-order valence-corrected chi connectivity index (χ0v) is 10.5. The van der Waals surface area contributed by atoms with E-state index in [9.17, 15) is 0 Å². The molecule has 1 aromatic heterocycles. The summed E-state index contributed by atoms with van der Waals surface area (Å²) in [7, 11) is 1.66. The minimum Gasteiger partial charge on any atom is -0.496 e. The monoisotopic (exact) mass is 244 g/mol. The fourth-order valence-corrected chi connectivity index (χ4v) is 1.67. The first-order valence-corrected chi connectivity index (χ1v) is 5.65. The number of rotatable bonds is 4. The second-order valence-electron chi connectivity index (χ2n) is 3.90. The van der Waals surface area contributed by atoms with Crippen molar-refractivity contribution in [2.75, 3.05) is 18.2 Å². The summed E-state index contributed by atoms with van der Waals surface area (Å²) >= 11 is 0. The normalized spacial score (nSPS) is 10.1. The standard InChI is InChI=1S/C13H16N4O/c1-9-12(14)16-8-17-13(9)15-7-10-5-3-4-6-11(10)18-2/h3-6,8H,7H2,1-2H3,(H3,14,15,16,17). The van der Waals surface area contributed by atoms with Crippen LogP contribution in [0.15, 0.2) is 30.6 Å². The predicted molar refractivity (Wildman–Crippen MR) is 71.5 cm³/mol. The molecule has 0 atom stereocenters. The van der Waals surface area contributed by atoms with E-state index in [0.29, 0.717) is 12.4 Å². The number of nitrogens with one attached hydrogen (secondary N) is 1. The molecule has 5 heteroatoms. The predicted octanol–water partition coefficient (Wildman–Crippen LogP) is 1.99. The summed E-state index contributed by atoms with van der Waals surface area (Å²) in [5.74, 6) is 2.09. The molecule has 0 aliphatic carbocycles. The first-order valence-electron chi connectivity index (χ1n) is 5.65. The number of nitrogen functional groups attached to an aromatic ring is 1. The van der Waals surface area contributed by atoms with Gasteiger partial charge < -0.3 is 15.8 Å². The summed E-state index contributed by atoms with van der Waals surface area (Å²) in [6.07, 6.45) is 1.45. The van der Waals surface area contributed by atoms with Gasteiger partial charge in [-0.1, -0.05) is 18.2 Å². The summed E-state index contributed by atoms with van der Waals surface area (Å²) in [4.78, 5) is 8.10. The lowest BCUT2D eigenvalue weighted by molar-refractivity contribution is 0.410. The van der Waals surface area contributed by atoms with Crippen LogP contribution in [0.25, 0.3) is 0 Å². The number of aromatic nitrogens is 2. The highest BCUT2D eigenvalue weighted by Gasteiger charge is 2.05. The Hall–Kier alpha value is -2.30. The highest BCUT2D eigenvalue weighted by atomic mass is 16.5. The Bertz CT molecular complexity index is 542. The van der Waals surface area contributed by atoms with Gasteiger partial charge in [0.2, 0.25) is 0 Å². The van der Waals surface area contributed by atoms with Gasteiger partial charge in [-0.2, -0.15) is 0 Å². The molecule has 0 saturated carbocycles. The Balaban J connectivity index is 2.14. The summed E-state index contributed by atoms with van der Waals surface area (Å²) in [6.45, 7) is 2.52. The average Bonchev–Trinajstić information content (AvgIpc) is 2.41. The number of benzene rings is 1. The van der Waals surface area contributed by atoms with E-state index in [-0.39, 0.29) is 0 Å². The number of nitrogens with two attached hydrogens (primary N) is 1. The molecule has 2 rings (SSSR count). The van der Waals surface area contributed by atoms with Crippen molar-refractivity contribution in [3.63, 3.8) is 0 Å². The van der Waals surface area contributed by atoms with Crippen molar-refractivity contribution >= 4 is 11.6 Å². The lowest BCUT2D eigenvalue weighted by Crippen LogP contribution is -2.07. The molecule has 0 amide bonds. The Kier molecular flexibility index (Phi) is 3.62. The third kappa shape index (κ3) is 2.51. The molecule has 3 N–H and O–H groups in total. The van der Waals surface area contributed by atoms with Crippen LogP contribution in [0.2, 0.25) is 0 Å². The molecule has 0 bridgehead atoms. The minimum atomic E-state index is 0.493. The van der Waals surface area contributed by atoms with E-state index in [2.05, 4.69) is 15.3 Å². The van der Waals surface area contributed by atoms with Gasteiger partial charge in [-0.15, -0.1) is 0 Å². The molecule has 0 saturated heterocycles. The number of para-hydroxylation sites is 1. The molecule has 0 radical (unpaired) electrons.